The van der Waals surface area contributed by atoms with Crippen LogP contribution in [0.5, 0.6) is 0 Å². The second-order valence-corrected chi connectivity index (χ2v) is 19.5. The number of rotatable bonds is 9. The first-order chi connectivity index (χ1) is 36.2. The molecule has 0 aliphatic heterocycles. The largest absolute Gasteiger partial charge is 0.310 e. The van der Waals surface area contributed by atoms with Gasteiger partial charge in [0, 0.05) is 16.9 Å². The van der Waals surface area contributed by atoms with Crippen LogP contribution in [0.2, 0.25) is 0 Å². The van der Waals surface area contributed by atoms with E-state index >= 15 is 0 Å². The Hall–Kier alpha value is -9.30. The van der Waals surface area contributed by atoms with Gasteiger partial charge in [-0.2, -0.15) is 0 Å². The van der Waals surface area contributed by atoms with Gasteiger partial charge in [-0.05, 0) is 137 Å². The van der Waals surface area contributed by atoms with E-state index in [1.807, 2.05) is 0 Å². The molecular weight excluding hydrogens is 879 g/mol. The molecule has 0 bridgehead atoms. The van der Waals surface area contributed by atoms with Gasteiger partial charge in [0.15, 0.2) is 0 Å². The lowest BCUT2D eigenvalue weighted by Gasteiger charge is -2.35. The predicted molar refractivity (Wildman–Crippen MR) is 304 cm³/mol. The summed E-state index contributed by atoms with van der Waals surface area (Å²) >= 11 is 0. The topological polar surface area (TPSA) is 3.24 Å². The minimum Gasteiger partial charge on any atom is -0.310 e. The molecule has 2 aliphatic rings. The highest BCUT2D eigenvalue weighted by Crippen LogP contribution is 2.61. The van der Waals surface area contributed by atoms with Gasteiger partial charge in [-0.1, -0.05) is 255 Å². The maximum atomic E-state index is 2.53. The second kappa shape index (κ2) is 17.2. The monoisotopic (exact) mass is 927 g/mol. The van der Waals surface area contributed by atoms with Crippen molar-refractivity contribution in [1.29, 1.82) is 0 Å². The Morgan fingerprint density at radius 1 is 0.233 bits per heavy atom. The Bertz CT molecular complexity index is 3930. The van der Waals surface area contributed by atoms with Crippen LogP contribution < -0.4 is 4.90 Å². The lowest BCUT2D eigenvalue weighted by atomic mass is 9.67. The lowest BCUT2D eigenvalue weighted by molar-refractivity contribution is 0.768. The molecule has 0 saturated carbocycles. The van der Waals surface area contributed by atoms with Crippen molar-refractivity contribution >= 4 is 27.8 Å². The number of hydrogen-bond acceptors (Lipinski definition) is 1. The fourth-order valence-corrected chi connectivity index (χ4v) is 12.7. The van der Waals surface area contributed by atoms with Crippen LogP contribution in [-0.2, 0) is 10.8 Å². The molecule has 12 aromatic rings. The smallest absolute Gasteiger partial charge is 0.0714 e. The third kappa shape index (κ3) is 6.56. The number of hydrogen-bond donors (Lipinski definition) is 0. The van der Waals surface area contributed by atoms with Crippen LogP contribution >= 0.6 is 0 Å². The minimum atomic E-state index is -0.558. The van der Waals surface area contributed by atoms with Crippen LogP contribution in [0.15, 0.2) is 297 Å². The highest BCUT2D eigenvalue weighted by Gasteiger charge is 2.49. The Morgan fingerprint density at radius 2 is 0.671 bits per heavy atom. The summed E-state index contributed by atoms with van der Waals surface area (Å²) in [6.07, 6.45) is 0. The predicted octanol–water partition coefficient (Wildman–Crippen LogP) is 18.4. The number of nitrogens with zero attached hydrogens (tertiary/aromatic N) is 1. The van der Waals surface area contributed by atoms with Crippen LogP contribution in [-0.4, -0.2) is 0 Å². The zero-order valence-electron chi connectivity index (χ0n) is 40.2. The van der Waals surface area contributed by atoms with Crippen molar-refractivity contribution in [3.8, 4) is 44.5 Å². The highest BCUT2D eigenvalue weighted by molar-refractivity contribution is 5.99. The first kappa shape index (κ1) is 42.6. The van der Waals surface area contributed by atoms with Crippen LogP contribution in [0.1, 0.15) is 44.5 Å². The average molecular weight is 928 g/mol. The van der Waals surface area contributed by atoms with E-state index in [1.165, 1.54) is 99.8 Å². The van der Waals surface area contributed by atoms with Crippen LogP contribution in [0.3, 0.4) is 0 Å². The van der Waals surface area contributed by atoms with E-state index in [1.54, 1.807) is 0 Å². The van der Waals surface area contributed by atoms with Gasteiger partial charge in [0.1, 0.15) is 0 Å². The van der Waals surface area contributed by atoms with Crippen LogP contribution in [0.25, 0.3) is 55.3 Å². The summed E-state index contributed by atoms with van der Waals surface area (Å²) in [5.41, 5.74) is 22.1. The van der Waals surface area contributed by atoms with Crippen molar-refractivity contribution in [2.75, 3.05) is 4.90 Å². The van der Waals surface area contributed by atoms with Gasteiger partial charge in [0.05, 0.1) is 16.5 Å². The SMILES string of the molecule is c1ccc(C2(c3ccccc3)c3ccccc3-c3ccc(N(c4ccc(-c5cccc(-c6ccc7ccccc7c6)c5)cc4)c4cccc5c4-c4ccccc4C5(c4ccccc4)c4ccccc4)cc32)cc1. The minimum absolute atomic E-state index is 0.550. The van der Waals surface area contributed by atoms with E-state index < -0.39 is 10.8 Å². The third-order valence-corrected chi connectivity index (χ3v) is 15.8. The summed E-state index contributed by atoms with van der Waals surface area (Å²) in [6.45, 7) is 0. The molecule has 0 radical (unpaired) electrons. The zero-order valence-corrected chi connectivity index (χ0v) is 40.2. The number of fused-ring (bicyclic) bond motifs is 7. The molecule has 12 aromatic carbocycles. The average Bonchev–Trinajstić information content (AvgIpc) is 4.03. The Morgan fingerprint density at radius 3 is 1.30 bits per heavy atom. The van der Waals surface area contributed by atoms with Crippen LogP contribution in [0, 0.1) is 0 Å². The van der Waals surface area contributed by atoms with E-state index in [-0.39, 0.29) is 0 Å². The summed E-state index contributed by atoms with van der Waals surface area (Å²) in [5.74, 6) is 0. The zero-order chi connectivity index (χ0) is 48.3. The molecule has 0 heterocycles. The van der Waals surface area contributed by atoms with Gasteiger partial charge in [0.25, 0.3) is 0 Å². The summed E-state index contributed by atoms with van der Waals surface area (Å²) in [7, 11) is 0. The van der Waals surface area contributed by atoms with Gasteiger partial charge in [-0.3, -0.25) is 0 Å². The summed E-state index contributed by atoms with van der Waals surface area (Å²) < 4.78 is 0. The fourth-order valence-electron chi connectivity index (χ4n) is 12.7. The van der Waals surface area contributed by atoms with E-state index in [0.717, 1.165) is 17.1 Å². The van der Waals surface area contributed by atoms with Crippen molar-refractivity contribution in [1.82, 2.24) is 0 Å². The maximum Gasteiger partial charge on any atom is 0.0714 e. The third-order valence-electron chi connectivity index (χ3n) is 15.8. The van der Waals surface area contributed by atoms with E-state index in [9.17, 15) is 0 Å². The molecule has 0 saturated heterocycles. The van der Waals surface area contributed by atoms with Gasteiger partial charge in [-0.15, -0.1) is 0 Å². The molecule has 0 fully saturated rings. The molecule has 0 unspecified atom stereocenters. The molecule has 1 heteroatoms. The molecule has 73 heavy (non-hydrogen) atoms. The van der Waals surface area contributed by atoms with E-state index in [2.05, 4.69) is 302 Å². The quantitative estimate of drug-likeness (QED) is 0.139. The standard InChI is InChI=1S/C72H49N/c1-5-25-56(26-6-1)71(57-27-7-2-8-28-57)66-36-18-16-34-64(66)70-67(71)37-20-38-69(70)73(60-43-41-51(42-44-60)53-23-19-24-54(47-53)55-40-39-50-21-13-14-22-52(50)48-55)61-45-46-63-62-33-15-17-35-65(62)72(68(63)49-61,58-29-9-3-10-30-58)59-31-11-4-12-32-59/h1-49H. The van der Waals surface area contributed by atoms with Gasteiger partial charge in [-0.25, -0.2) is 0 Å². The lowest BCUT2D eigenvalue weighted by Crippen LogP contribution is -2.29. The molecule has 0 atom stereocenters. The Kier molecular flexibility index (Phi) is 10.0. The maximum absolute atomic E-state index is 2.53. The van der Waals surface area contributed by atoms with Crippen LogP contribution in [0.4, 0.5) is 17.1 Å². The van der Waals surface area contributed by atoms with Crippen molar-refractivity contribution in [2.45, 2.75) is 10.8 Å². The van der Waals surface area contributed by atoms with Gasteiger partial charge in [0.2, 0.25) is 0 Å². The molecule has 342 valence electrons. The highest BCUT2D eigenvalue weighted by atomic mass is 15.1. The summed E-state index contributed by atoms with van der Waals surface area (Å²) in [4.78, 5) is 2.53. The molecule has 2 aliphatic carbocycles. The fraction of sp³-hybridized carbons (Fsp3) is 0.0278. The Labute approximate surface area is 427 Å². The molecule has 1 nitrogen and oxygen atoms in total. The molecular formula is C72H49N. The van der Waals surface area contributed by atoms with Gasteiger partial charge >= 0.3 is 0 Å². The van der Waals surface area contributed by atoms with Crippen molar-refractivity contribution in [2.24, 2.45) is 0 Å². The number of anilines is 3. The second-order valence-electron chi connectivity index (χ2n) is 19.5. The Balaban J connectivity index is 1.00. The molecule has 0 aromatic heterocycles. The van der Waals surface area contributed by atoms with Crippen molar-refractivity contribution in [3.05, 3.63) is 342 Å². The van der Waals surface area contributed by atoms with E-state index in [4.69, 9.17) is 0 Å². The molecule has 0 spiro atoms. The first-order valence-electron chi connectivity index (χ1n) is 25.4. The van der Waals surface area contributed by atoms with E-state index in [0.29, 0.717) is 0 Å². The molecule has 0 N–H and O–H groups in total. The van der Waals surface area contributed by atoms with Crippen molar-refractivity contribution < 1.29 is 0 Å². The van der Waals surface area contributed by atoms with Gasteiger partial charge < -0.3 is 4.90 Å². The summed E-state index contributed by atoms with van der Waals surface area (Å²) in [6, 6.07) is 110. The normalized spacial score (nSPS) is 13.4. The summed E-state index contributed by atoms with van der Waals surface area (Å²) in [5, 5.41) is 2.49. The first-order valence-corrected chi connectivity index (χ1v) is 25.4. The van der Waals surface area contributed by atoms with Crippen molar-refractivity contribution in [3.63, 3.8) is 0 Å². The molecule has 0 amide bonds. The number of benzene rings is 12. The molecule has 14 rings (SSSR count).